The van der Waals surface area contributed by atoms with E-state index in [4.69, 9.17) is 0 Å². The van der Waals surface area contributed by atoms with Crippen LogP contribution in [0.4, 0.5) is 5.69 Å². The fourth-order valence-electron chi connectivity index (χ4n) is 2.44. The monoisotopic (exact) mass is 338 g/mol. The number of nitrogens with one attached hydrogen (secondary N) is 1. The highest BCUT2D eigenvalue weighted by Gasteiger charge is 2.23. The van der Waals surface area contributed by atoms with E-state index in [1.54, 1.807) is 0 Å². The average molecular weight is 338 g/mol. The van der Waals surface area contributed by atoms with Crippen molar-refractivity contribution in [3.8, 4) is 5.75 Å². The lowest BCUT2D eigenvalue weighted by Crippen LogP contribution is -2.19. The van der Waals surface area contributed by atoms with Crippen molar-refractivity contribution < 1.29 is 9.90 Å². The molecule has 0 unspecified atom stereocenters. The maximum absolute atomic E-state index is 12.1. The summed E-state index contributed by atoms with van der Waals surface area (Å²) in [6.45, 7) is 5.71. The smallest absolute Gasteiger partial charge is 0.264 e. The van der Waals surface area contributed by atoms with Gasteiger partial charge in [0.15, 0.2) is 5.17 Å². The summed E-state index contributed by atoms with van der Waals surface area (Å²) >= 11 is 1.32. The van der Waals surface area contributed by atoms with Gasteiger partial charge >= 0.3 is 0 Å². The predicted octanol–water partition coefficient (Wildman–Crippen LogP) is 4.21. The van der Waals surface area contributed by atoms with Crippen molar-refractivity contribution in [2.24, 2.45) is 4.99 Å². The number of phenols is 1. The third kappa shape index (κ3) is 3.51. The molecule has 24 heavy (non-hydrogen) atoms. The van der Waals surface area contributed by atoms with Crippen LogP contribution >= 0.6 is 11.8 Å². The topological polar surface area (TPSA) is 61.7 Å². The summed E-state index contributed by atoms with van der Waals surface area (Å²) in [6, 6.07) is 11.5. The SMILES string of the molecule is Cc1ccc(N=C2NC(=O)/C(=C/c3cc(C)c(O)c(C)c3)S2)cc1. The predicted molar refractivity (Wildman–Crippen MR) is 99.6 cm³/mol. The highest BCUT2D eigenvalue weighted by atomic mass is 32.2. The molecule has 1 fully saturated rings. The van der Waals surface area contributed by atoms with Crippen molar-refractivity contribution in [3.63, 3.8) is 0 Å². The van der Waals surface area contributed by atoms with Crippen LogP contribution in [-0.2, 0) is 4.79 Å². The molecule has 1 saturated heterocycles. The molecule has 0 radical (unpaired) electrons. The zero-order valence-electron chi connectivity index (χ0n) is 13.8. The number of aliphatic imine (C=N–C) groups is 1. The van der Waals surface area contributed by atoms with Gasteiger partial charge in [-0.25, -0.2) is 4.99 Å². The number of amides is 1. The van der Waals surface area contributed by atoms with Crippen molar-refractivity contribution in [2.45, 2.75) is 20.8 Å². The largest absolute Gasteiger partial charge is 0.507 e. The fraction of sp³-hybridized carbons (Fsp3) is 0.158. The standard InChI is InChI=1S/C19H18N2O2S/c1-11-4-6-15(7-5-11)20-19-21-18(23)16(24-19)10-14-8-12(2)17(22)13(3)9-14/h4-10,22H,1-3H3,(H,20,21,23)/b16-10-. The summed E-state index contributed by atoms with van der Waals surface area (Å²) < 4.78 is 0. The van der Waals surface area contributed by atoms with Crippen molar-refractivity contribution >= 4 is 34.6 Å². The highest BCUT2D eigenvalue weighted by molar-refractivity contribution is 8.18. The molecule has 1 aliphatic rings. The van der Waals surface area contributed by atoms with Crippen LogP contribution in [0.15, 0.2) is 46.3 Å². The van der Waals surface area contributed by atoms with E-state index in [0.717, 1.165) is 22.4 Å². The van der Waals surface area contributed by atoms with Crippen LogP contribution in [0.2, 0.25) is 0 Å². The molecule has 4 nitrogen and oxygen atoms in total. The van der Waals surface area contributed by atoms with Gasteiger partial charge in [-0.15, -0.1) is 0 Å². The number of carbonyl (C=O) groups excluding carboxylic acids is 1. The van der Waals surface area contributed by atoms with E-state index in [1.807, 2.05) is 63.2 Å². The lowest BCUT2D eigenvalue weighted by molar-refractivity contribution is -0.115. The summed E-state index contributed by atoms with van der Waals surface area (Å²) in [6.07, 6.45) is 1.82. The van der Waals surface area contributed by atoms with Gasteiger partial charge in [-0.05, 0) is 79.6 Å². The van der Waals surface area contributed by atoms with Gasteiger partial charge in [-0.1, -0.05) is 17.7 Å². The van der Waals surface area contributed by atoms with Gasteiger partial charge in [-0.3, -0.25) is 4.79 Å². The summed E-state index contributed by atoms with van der Waals surface area (Å²) in [5.74, 6) is 0.136. The fourth-order valence-corrected chi connectivity index (χ4v) is 3.28. The first-order chi connectivity index (χ1) is 11.4. The van der Waals surface area contributed by atoms with E-state index in [0.29, 0.717) is 15.8 Å². The van der Waals surface area contributed by atoms with Crippen LogP contribution in [0.3, 0.4) is 0 Å². The van der Waals surface area contributed by atoms with Crippen molar-refractivity contribution in [2.75, 3.05) is 0 Å². The molecule has 2 aromatic carbocycles. The summed E-state index contributed by atoms with van der Waals surface area (Å²) in [5, 5.41) is 13.2. The Hall–Kier alpha value is -2.53. The lowest BCUT2D eigenvalue weighted by Gasteiger charge is -2.05. The van der Waals surface area contributed by atoms with Gasteiger partial charge in [-0.2, -0.15) is 0 Å². The number of phenolic OH excluding ortho intramolecular Hbond substituents is 1. The Morgan fingerprint density at radius 3 is 2.33 bits per heavy atom. The molecular weight excluding hydrogens is 320 g/mol. The Kier molecular flexibility index (Phi) is 4.44. The van der Waals surface area contributed by atoms with Crippen molar-refractivity contribution in [1.29, 1.82) is 0 Å². The third-order valence-electron chi connectivity index (χ3n) is 3.73. The van der Waals surface area contributed by atoms with E-state index in [1.165, 1.54) is 17.3 Å². The molecule has 1 aliphatic heterocycles. The molecule has 0 atom stereocenters. The van der Waals surface area contributed by atoms with E-state index < -0.39 is 0 Å². The molecule has 3 rings (SSSR count). The Balaban J connectivity index is 1.86. The molecule has 5 heteroatoms. The lowest BCUT2D eigenvalue weighted by atomic mass is 10.1. The second-order valence-electron chi connectivity index (χ2n) is 5.82. The van der Waals surface area contributed by atoms with Gasteiger partial charge in [0.2, 0.25) is 0 Å². The van der Waals surface area contributed by atoms with Gasteiger partial charge in [0.1, 0.15) is 5.75 Å². The number of rotatable bonds is 2. The first kappa shape index (κ1) is 16.3. The Morgan fingerprint density at radius 1 is 1.08 bits per heavy atom. The number of thioether (sulfide) groups is 1. The number of aryl methyl sites for hydroxylation is 3. The molecule has 0 aromatic heterocycles. The summed E-state index contributed by atoms with van der Waals surface area (Å²) in [4.78, 5) is 17.2. The molecule has 122 valence electrons. The van der Waals surface area contributed by atoms with Crippen LogP contribution in [0.1, 0.15) is 22.3 Å². The first-order valence-electron chi connectivity index (χ1n) is 7.59. The van der Waals surface area contributed by atoms with Gasteiger partial charge in [0.05, 0.1) is 10.6 Å². The van der Waals surface area contributed by atoms with Gasteiger partial charge in [0, 0.05) is 0 Å². The first-order valence-corrected chi connectivity index (χ1v) is 8.40. The minimum absolute atomic E-state index is 0.158. The van der Waals surface area contributed by atoms with Crippen LogP contribution in [0.25, 0.3) is 6.08 Å². The number of benzene rings is 2. The highest BCUT2D eigenvalue weighted by Crippen LogP contribution is 2.30. The molecule has 0 bridgehead atoms. The third-order valence-corrected chi connectivity index (χ3v) is 4.64. The summed E-state index contributed by atoms with van der Waals surface area (Å²) in [5.41, 5.74) is 4.44. The van der Waals surface area contributed by atoms with Gasteiger partial charge < -0.3 is 10.4 Å². The zero-order valence-corrected chi connectivity index (χ0v) is 14.6. The molecule has 2 aromatic rings. The second kappa shape index (κ2) is 6.53. The molecule has 1 amide bonds. The Bertz CT molecular complexity index is 844. The maximum Gasteiger partial charge on any atom is 0.264 e. The Labute approximate surface area is 145 Å². The number of hydrogen-bond acceptors (Lipinski definition) is 4. The van der Waals surface area contributed by atoms with Crippen LogP contribution in [-0.4, -0.2) is 16.2 Å². The van der Waals surface area contributed by atoms with Crippen LogP contribution < -0.4 is 5.32 Å². The maximum atomic E-state index is 12.1. The normalized spacial score (nSPS) is 17.5. The van der Waals surface area contributed by atoms with E-state index in [2.05, 4.69) is 10.3 Å². The number of carbonyl (C=O) groups is 1. The van der Waals surface area contributed by atoms with Crippen LogP contribution in [0, 0.1) is 20.8 Å². The molecule has 0 spiro atoms. The number of nitrogens with zero attached hydrogens (tertiary/aromatic N) is 1. The molecule has 0 aliphatic carbocycles. The summed E-state index contributed by atoms with van der Waals surface area (Å²) in [7, 11) is 0. The van der Waals surface area contributed by atoms with Crippen molar-refractivity contribution in [3.05, 3.63) is 63.6 Å². The van der Waals surface area contributed by atoms with Crippen molar-refractivity contribution in [1.82, 2.24) is 5.32 Å². The van der Waals surface area contributed by atoms with E-state index in [-0.39, 0.29) is 5.91 Å². The molecule has 0 saturated carbocycles. The van der Waals surface area contributed by atoms with Gasteiger partial charge in [0.25, 0.3) is 5.91 Å². The van der Waals surface area contributed by atoms with Crippen LogP contribution in [0.5, 0.6) is 5.75 Å². The minimum Gasteiger partial charge on any atom is -0.507 e. The van der Waals surface area contributed by atoms with E-state index >= 15 is 0 Å². The minimum atomic E-state index is -0.158. The Morgan fingerprint density at radius 2 is 1.71 bits per heavy atom. The molecule has 1 heterocycles. The number of aromatic hydroxyl groups is 1. The zero-order chi connectivity index (χ0) is 17.3. The second-order valence-corrected chi connectivity index (χ2v) is 6.85. The quantitative estimate of drug-likeness (QED) is 0.806. The molecule has 2 N–H and O–H groups in total. The van der Waals surface area contributed by atoms with E-state index in [9.17, 15) is 9.90 Å². The molecular formula is C19H18N2O2S. The number of hydrogen-bond donors (Lipinski definition) is 2. The average Bonchev–Trinajstić information content (AvgIpc) is 2.87. The number of amidine groups is 1.